The molecule has 4 rings (SSSR count). The molecule has 34 heavy (non-hydrogen) atoms. The maximum Gasteiger partial charge on any atom is 0.509 e. The molecule has 3 fully saturated rings. The third kappa shape index (κ3) is 4.41. The van der Waals surface area contributed by atoms with Crippen LogP contribution < -0.4 is 0 Å². The van der Waals surface area contributed by atoms with E-state index < -0.39 is 71.4 Å². The second kappa shape index (κ2) is 7.91. The number of rotatable bonds is 1. The van der Waals surface area contributed by atoms with Crippen LogP contribution in [0.2, 0.25) is 0 Å². The van der Waals surface area contributed by atoms with E-state index in [1.165, 1.54) is 6.08 Å². The van der Waals surface area contributed by atoms with Crippen molar-refractivity contribution in [3.63, 3.8) is 0 Å². The lowest BCUT2D eigenvalue weighted by atomic mass is 9.78. The van der Waals surface area contributed by atoms with Crippen LogP contribution in [0, 0.1) is 0 Å². The lowest BCUT2D eigenvalue weighted by Gasteiger charge is -2.49. The number of nitrogens with zero attached hydrogens (tertiary/aromatic N) is 1. The highest BCUT2D eigenvalue weighted by Crippen LogP contribution is 2.53. The van der Waals surface area contributed by atoms with Gasteiger partial charge in [0.25, 0.3) is 5.91 Å². The number of ether oxygens (including phenoxy) is 7. The zero-order chi connectivity index (χ0) is 25.3. The van der Waals surface area contributed by atoms with Crippen LogP contribution in [0.1, 0.15) is 55.4 Å². The van der Waals surface area contributed by atoms with Gasteiger partial charge in [0.15, 0.2) is 23.8 Å². The SMILES string of the molecule is CC(C)(C)OC(=O)OC1C=CC(=O)N(C(=O)OC(C)(C)C)[C@@H]2[C@H]3CO[C@H](O3)[C@H]3OC(C)(C)O[C@]132. The molecule has 0 saturated carbocycles. The number of amides is 2. The van der Waals surface area contributed by atoms with Crippen molar-refractivity contribution >= 4 is 18.2 Å². The van der Waals surface area contributed by atoms with Gasteiger partial charge in [-0.3, -0.25) is 4.79 Å². The first-order valence-corrected chi connectivity index (χ1v) is 11.3. The van der Waals surface area contributed by atoms with Gasteiger partial charge in [-0.25, -0.2) is 14.5 Å². The Bertz CT molecular complexity index is 900. The second-order valence-electron chi connectivity index (χ2n) is 11.3. The van der Waals surface area contributed by atoms with Crippen LogP contribution in [0.4, 0.5) is 9.59 Å². The Labute approximate surface area is 198 Å². The fourth-order valence-corrected chi connectivity index (χ4v) is 4.78. The van der Waals surface area contributed by atoms with E-state index in [4.69, 9.17) is 33.2 Å². The van der Waals surface area contributed by atoms with Crippen LogP contribution >= 0.6 is 0 Å². The van der Waals surface area contributed by atoms with E-state index in [9.17, 15) is 14.4 Å². The van der Waals surface area contributed by atoms with E-state index >= 15 is 0 Å². The first-order chi connectivity index (χ1) is 15.5. The molecular formula is C23H33NO10. The normalized spacial score (nSPS) is 36.4. The van der Waals surface area contributed by atoms with Gasteiger partial charge in [-0.2, -0.15) is 0 Å². The van der Waals surface area contributed by atoms with Gasteiger partial charge in [-0.1, -0.05) is 0 Å². The molecule has 3 saturated heterocycles. The van der Waals surface area contributed by atoms with Gasteiger partial charge >= 0.3 is 12.2 Å². The molecule has 0 aromatic heterocycles. The van der Waals surface area contributed by atoms with Crippen molar-refractivity contribution in [3.8, 4) is 0 Å². The van der Waals surface area contributed by atoms with Crippen LogP contribution in [0.25, 0.3) is 0 Å². The van der Waals surface area contributed by atoms with Crippen molar-refractivity contribution in [1.29, 1.82) is 0 Å². The third-order valence-corrected chi connectivity index (χ3v) is 5.65. The average Bonchev–Trinajstić information content (AvgIpc) is 3.16. The Morgan fingerprint density at radius 1 is 1.09 bits per heavy atom. The van der Waals surface area contributed by atoms with Gasteiger partial charge in [-0.05, 0) is 61.5 Å². The lowest BCUT2D eigenvalue weighted by Crippen LogP contribution is -2.73. The van der Waals surface area contributed by atoms with Gasteiger partial charge in [0.05, 0.1) is 6.61 Å². The summed E-state index contributed by atoms with van der Waals surface area (Å²) in [5.74, 6) is -1.84. The van der Waals surface area contributed by atoms with Crippen molar-refractivity contribution in [2.24, 2.45) is 0 Å². The van der Waals surface area contributed by atoms with Crippen LogP contribution in [0.3, 0.4) is 0 Å². The summed E-state index contributed by atoms with van der Waals surface area (Å²) in [6.07, 6.45) is -3.01. The second-order valence-corrected chi connectivity index (χ2v) is 11.3. The van der Waals surface area contributed by atoms with E-state index in [2.05, 4.69) is 0 Å². The molecule has 4 heterocycles. The molecule has 4 aliphatic heterocycles. The monoisotopic (exact) mass is 483 g/mol. The van der Waals surface area contributed by atoms with Crippen LogP contribution in [-0.4, -0.2) is 82.9 Å². The maximum atomic E-state index is 13.3. The molecule has 0 aromatic rings. The molecular weight excluding hydrogens is 450 g/mol. The highest BCUT2D eigenvalue weighted by atomic mass is 16.8. The van der Waals surface area contributed by atoms with E-state index in [1.54, 1.807) is 55.4 Å². The smallest absolute Gasteiger partial charge is 0.443 e. The fourth-order valence-electron chi connectivity index (χ4n) is 4.78. The molecule has 0 radical (unpaired) electrons. The topological polar surface area (TPSA) is 119 Å². The molecule has 11 nitrogen and oxygen atoms in total. The molecule has 190 valence electrons. The third-order valence-electron chi connectivity index (χ3n) is 5.65. The number of carbonyl (C=O) groups excluding carboxylic acids is 3. The highest BCUT2D eigenvalue weighted by Gasteiger charge is 2.74. The minimum absolute atomic E-state index is 0.0759. The predicted molar refractivity (Wildman–Crippen MR) is 114 cm³/mol. The fraction of sp³-hybridized carbons (Fsp3) is 0.783. The van der Waals surface area contributed by atoms with Crippen molar-refractivity contribution in [2.45, 2.75) is 109 Å². The summed E-state index contributed by atoms with van der Waals surface area (Å²) in [7, 11) is 0. The molecule has 6 atom stereocenters. The minimum atomic E-state index is -1.54. The van der Waals surface area contributed by atoms with Crippen molar-refractivity contribution < 1.29 is 47.5 Å². The molecule has 4 aliphatic rings. The quantitative estimate of drug-likeness (QED) is 0.515. The largest absolute Gasteiger partial charge is 0.509 e. The van der Waals surface area contributed by atoms with Crippen molar-refractivity contribution in [3.05, 3.63) is 12.2 Å². The average molecular weight is 484 g/mol. The Balaban J connectivity index is 1.82. The van der Waals surface area contributed by atoms with E-state index in [0.717, 1.165) is 11.0 Å². The molecule has 2 bridgehead atoms. The van der Waals surface area contributed by atoms with Gasteiger partial charge < -0.3 is 33.2 Å². The summed E-state index contributed by atoms with van der Waals surface area (Å²) in [5, 5.41) is 0. The molecule has 0 N–H and O–H groups in total. The van der Waals surface area contributed by atoms with Crippen LogP contribution in [0.5, 0.6) is 0 Å². The molecule has 1 unspecified atom stereocenters. The van der Waals surface area contributed by atoms with Gasteiger partial charge in [0.1, 0.15) is 29.5 Å². The number of imide groups is 1. The summed E-state index contributed by atoms with van der Waals surface area (Å²) >= 11 is 0. The number of carbonyl (C=O) groups is 3. The van der Waals surface area contributed by atoms with Crippen molar-refractivity contribution in [1.82, 2.24) is 4.90 Å². The first-order valence-electron chi connectivity index (χ1n) is 11.3. The van der Waals surface area contributed by atoms with Crippen LogP contribution in [-0.2, 0) is 38.0 Å². The molecule has 2 amide bonds. The molecule has 1 spiro atoms. The first kappa shape index (κ1) is 24.9. The number of hydrogen-bond acceptors (Lipinski definition) is 10. The predicted octanol–water partition coefficient (Wildman–Crippen LogP) is 2.65. The summed E-state index contributed by atoms with van der Waals surface area (Å²) in [6, 6.07) is -1.08. The lowest BCUT2D eigenvalue weighted by molar-refractivity contribution is -0.237. The highest BCUT2D eigenvalue weighted by molar-refractivity contribution is 6.00. The zero-order valence-corrected chi connectivity index (χ0v) is 20.8. The summed E-state index contributed by atoms with van der Waals surface area (Å²) in [5.41, 5.74) is -3.22. The Kier molecular flexibility index (Phi) is 5.79. The van der Waals surface area contributed by atoms with E-state index in [0.29, 0.717) is 0 Å². The molecule has 11 heteroatoms. The molecule has 0 aromatic carbocycles. The van der Waals surface area contributed by atoms with Crippen molar-refractivity contribution in [2.75, 3.05) is 6.61 Å². The summed E-state index contributed by atoms with van der Waals surface area (Å²) in [4.78, 5) is 40.2. The van der Waals surface area contributed by atoms with Gasteiger partial charge in [0.2, 0.25) is 0 Å². The summed E-state index contributed by atoms with van der Waals surface area (Å²) < 4.78 is 41.0. The Hall–Kier alpha value is -2.21. The molecule has 0 aliphatic carbocycles. The number of hydrogen-bond donors (Lipinski definition) is 0. The Morgan fingerprint density at radius 2 is 1.74 bits per heavy atom. The Morgan fingerprint density at radius 3 is 2.35 bits per heavy atom. The standard InChI is InChI=1S/C23H33NO10/c1-20(2,3)32-18(26)24-14(25)10-9-13(30-19(27)33-21(4,5)6)23-15(24)12-11-28-17(29-12)16(23)31-22(7,8)34-23/h9-10,12-13,15-17H,11H2,1-8H3/t12-,13?,15-,16-,17-,23+/m1/s1. The van der Waals surface area contributed by atoms with Gasteiger partial charge in [-0.15, -0.1) is 0 Å². The zero-order valence-electron chi connectivity index (χ0n) is 20.8. The van der Waals surface area contributed by atoms with Crippen LogP contribution in [0.15, 0.2) is 12.2 Å². The maximum absolute atomic E-state index is 13.3. The van der Waals surface area contributed by atoms with Gasteiger partial charge in [0, 0.05) is 6.08 Å². The summed E-state index contributed by atoms with van der Waals surface area (Å²) in [6.45, 7) is 13.6. The van der Waals surface area contributed by atoms with E-state index in [-0.39, 0.29) is 6.61 Å². The number of fused-ring (bicyclic) bond motifs is 4. The minimum Gasteiger partial charge on any atom is -0.443 e. The van der Waals surface area contributed by atoms with E-state index in [1.807, 2.05) is 0 Å².